The van der Waals surface area contributed by atoms with Gasteiger partial charge in [-0.15, -0.1) is 0 Å². The molecule has 6 nitrogen and oxygen atoms in total. The van der Waals surface area contributed by atoms with Crippen molar-refractivity contribution in [2.75, 3.05) is 28.4 Å². The number of carbonyl (C=O) groups is 1. The summed E-state index contributed by atoms with van der Waals surface area (Å²) >= 11 is 0. The fraction of sp³-hybridized carbons (Fsp3) is 0.167. The Labute approximate surface area is 174 Å². The maximum absolute atomic E-state index is 13.3. The SMILES string of the molecule is COc1cc2ccnc(C(=O)c3ccc4c(OC)c(OC)ccc4c3)c2cc1OC. The predicted molar refractivity (Wildman–Crippen MR) is 115 cm³/mol. The van der Waals surface area contributed by atoms with Crippen LogP contribution in [0.4, 0.5) is 0 Å². The lowest BCUT2D eigenvalue weighted by Crippen LogP contribution is -2.05. The van der Waals surface area contributed by atoms with Crippen LogP contribution in [0.3, 0.4) is 0 Å². The molecule has 0 saturated carbocycles. The van der Waals surface area contributed by atoms with E-state index < -0.39 is 0 Å². The zero-order chi connectivity index (χ0) is 21.3. The van der Waals surface area contributed by atoms with Gasteiger partial charge in [0, 0.05) is 22.5 Å². The van der Waals surface area contributed by atoms with Crippen LogP contribution < -0.4 is 18.9 Å². The van der Waals surface area contributed by atoms with Gasteiger partial charge in [-0.3, -0.25) is 9.78 Å². The average Bonchev–Trinajstić information content (AvgIpc) is 2.80. The minimum absolute atomic E-state index is 0.176. The molecule has 0 bridgehead atoms. The molecule has 0 aliphatic rings. The number of benzene rings is 3. The molecule has 0 saturated heterocycles. The molecule has 0 amide bonds. The molecular weight excluding hydrogens is 382 g/mol. The molecule has 0 radical (unpaired) electrons. The summed E-state index contributed by atoms with van der Waals surface area (Å²) in [6, 6.07) is 14.6. The van der Waals surface area contributed by atoms with Crippen molar-refractivity contribution in [3.63, 3.8) is 0 Å². The van der Waals surface area contributed by atoms with E-state index in [1.165, 1.54) is 0 Å². The molecule has 30 heavy (non-hydrogen) atoms. The molecule has 0 fully saturated rings. The van der Waals surface area contributed by atoms with E-state index in [2.05, 4.69) is 4.98 Å². The van der Waals surface area contributed by atoms with Crippen molar-refractivity contribution in [3.8, 4) is 23.0 Å². The number of methoxy groups -OCH3 is 4. The van der Waals surface area contributed by atoms with Crippen LogP contribution in [0.2, 0.25) is 0 Å². The van der Waals surface area contributed by atoms with Gasteiger partial charge in [0.25, 0.3) is 0 Å². The smallest absolute Gasteiger partial charge is 0.211 e. The van der Waals surface area contributed by atoms with Gasteiger partial charge in [0.15, 0.2) is 23.0 Å². The Morgan fingerprint density at radius 1 is 0.700 bits per heavy atom. The van der Waals surface area contributed by atoms with E-state index in [4.69, 9.17) is 18.9 Å². The van der Waals surface area contributed by atoms with Crippen molar-refractivity contribution < 1.29 is 23.7 Å². The van der Waals surface area contributed by atoms with Gasteiger partial charge in [0.2, 0.25) is 5.78 Å². The number of hydrogen-bond donors (Lipinski definition) is 0. The fourth-order valence-electron chi connectivity index (χ4n) is 3.61. The Balaban J connectivity index is 1.85. The molecule has 0 aliphatic heterocycles. The van der Waals surface area contributed by atoms with Crippen LogP contribution in [0, 0.1) is 0 Å². The Morgan fingerprint density at radius 2 is 1.40 bits per heavy atom. The summed E-state index contributed by atoms with van der Waals surface area (Å²) in [6.45, 7) is 0. The van der Waals surface area contributed by atoms with Gasteiger partial charge in [-0.05, 0) is 47.2 Å². The maximum Gasteiger partial charge on any atom is 0.211 e. The normalized spacial score (nSPS) is 10.8. The third-order valence-corrected chi connectivity index (χ3v) is 5.10. The largest absolute Gasteiger partial charge is 0.493 e. The summed E-state index contributed by atoms with van der Waals surface area (Å²) in [5, 5.41) is 3.29. The first kappa shape index (κ1) is 19.5. The second-order valence-corrected chi connectivity index (χ2v) is 6.65. The molecule has 3 aromatic carbocycles. The summed E-state index contributed by atoms with van der Waals surface area (Å²) in [5.41, 5.74) is 0.887. The van der Waals surface area contributed by atoms with Crippen molar-refractivity contribution in [3.05, 3.63) is 66.0 Å². The van der Waals surface area contributed by atoms with Crippen LogP contribution >= 0.6 is 0 Å². The Morgan fingerprint density at radius 3 is 2.10 bits per heavy atom. The average molecular weight is 403 g/mol. The Bertz CT molecular complexity index is 1270. The first-order valence-corrected chi connectivity index (χ1v) is 9.31. The summed E-state index contributed by atoms with van der Waals surface area (Å²) in [4.78, 5) is 17.7. The molecule has 4 aromatic rings. The number of aromatic nitrogens is 1. The quantitative estimate of drug-likeness (QED) is 0.437. The van der Waals surface area contributed by atoms with E-state index in [0.717, 1.165) is 16.2 Å². The minimum Gasteiger partial charge on any atom is -0.493 e. The van der Waals surface area contributed by atoms with Crippen molar-refractivity contribution in [1.82, 2.24) is 4.98 Å². The lowest BCUT2D eigenvalue weighted by molar-refractivity contribution is 0.103. The van der Waals surface area contributed by atoms with Crippen LogP contribution in [0.1, 0.15) is 16.1 Å². The molecule has 0 N–H and O–H groups in total. The zero-order valence-corrected chi connectivity index (χ0v) is 17.2. The van der Waals surface area contributed by atoms with Crippen molar-refractivity contribution in [1.29, 1.82) is 0 Å². The van der Waals surface area contributed by atoms with Gasteiger partial charge >= 0.3 is 0 Å². The maximum atomic E-state index is 13.3. The molecule has 152 valence electrons. The lowest BCUT2D eigenvalue weighted by atomic mass is 9.99. The van der Waals surface area contributed by atoms with Gasteiger partial charge in [-0.1, -0.05) is 12.1 Å². The standard InChI is InChI=1S/C24H21NO5/c1-27-19-8-6-14-11-16(5-7-17(14)24(19)30-4)23(26)22-18-13-21(29-3)20(28-2)12-15(18)9-10-25-22/h5-13H,1-4H3. The monoisotopic (exact) mass is 403 g/mol. The topological polar surface area (TPSA) is 66.9 Å². The summed E-state index contributed by atoms with van der Waals surface area (Å²) in [5.74, 6) is 2.24. The first-order chi connectivity index (χ1) is 14.6. The molecule has 1 aromatic heterocycles. The molecular formula is C24H21NO5. The minimum atomic E-state index is -0.176. The highest BCUT2D eigenvalue weighted by Crippen LogP contribution is 2.37. The van der Waals surface area contributed by atoms with Crippen LogP contribution in [0.15, 0.2) is 54.7 Å². The number of fused-ring (bicyclic) bond motifs is 2. The van der Waals surface area contributed by atoms with Crippen LogP contribution in [-0.2, 0) is 0 Å². The van der Waals surface area contributed by atoms with E-state index in [1.54, 1.807) is 46.8 Å². The van der Waals surface area contributed by atoms with E-state index in [-0.39, 0.29) is 5.78 Å². The number of ketones is 1. The first-order valence-electron chi connectivity index (χ1n) is 9.31. The van der Waals surface area contributed by atoms with Crippen LogP contribution in [0.25, 0.3) is 21.5 Å². The Hall–Kier alpha value is -3.80. The highest BCUT2D eigenvalue weighted by atomic mass is 16.5. The number of ether oxygens (including phenoxy) is 4. The third-order valence-electron chi connectivity index (χ3n) is 5.10. The number of carbonyl (C=O) groups excluding carboxylic acids is 1. The lowest BCUT2D eigenvalue weighted by Gasteiger charge is -2.12. The highest BCUT2D eigenvalue weighted by molar-refractivity contribution is 6.16. The molecule has 0 atom stereocenters. The number of rotatable bonds is 6. The van der Waals surface area contributed by atoms with E-state index in [0.29, 0.717) is 39.6 Å². The van der Waals surface area contributed by atoms with Crippen molar-refractivity contribution >= 4 is 27.3 Å². The second-order valence-electron chi connectivity index (χ2n) is 6.65. The van der Waals surface area contributed by atoms with Crippen LogP contribution in [0.5, 0.6) is 23.0 Å². The summed E-state index contributed by atoms with van der Waals surface area (Å²) in [7, 11) is 6.33. The van der Waals surface area contributed by atoms with E-state index >= 15 is 0 Å². The van der Waals surface area contributed by atoms with Gasteiger partial charge in [0.1, 0.15) is 5.69 Å². The fourth-order valence-corrected chi connectivity index (χ4v) is 3.61. The van der Waals surface area contributed by atoms with E-state index in [9.17, 15) is 4.79 Å². The molecule has 0 spiro atoms. The van der Waals surface area contributed by atoms with Gasteiger partial charge in [-0.25, -0.2) is 0 Å². The number of pyridine rings is 1. The highest BCUT2D eigenvalue weighted by Gasteiger charge is 2.18. The molecule has 4 rings (SSSR count). The van der Waals surface area contributed by atoms with Gasteiger partial charge in [0.05, 0.1) is 28.4 Å². The number of nitrogens with zero attached hydrogens (tertiary/aromatic N) is 1. The molecule has 6 heteroatoms. The second kappa shape index (κ2) is 7.91. The molecule has 0 unspecified atom stereocenters. The predicted octanol–water partition coefficient (Wildman–Crippen LogP) is 4.65. The van der Waals surface area contributed by atoms with Crippen molar-refractivity contribution in [2.45, 2.75) is 0 Å². The third kappa shape index (κ3) is 3.16. The van der Waals surface area contributed by atoms with Gasteiger partial charge < -0.3 is 18.9 Å². The summed E-state index contributed by atoms with van der Waals surface area (Å²) < 4.78 is 21.6. The molecule has 1 heterocycles. The summed E-state index contributed by atoms with van der Waals surface area (Å²) in [6.07, 6.45) is 1.62. The Kier molecular flexibility index (Phi) is 5.14. The number of hydrogen-bond acceptors (Lipinski definition) is 6. The van der Waals surface area contributed by atoms with Gasteiger partial charge in [-0.2, -0.15) is 0 Å². The van der Waals surface area contributed by atoms with E-state index in [1.807, 2.05) is 36.4 Å². The molecule has 0 aliphatic carbocycles. The van der Waals surface area contributed by atoms with Crippen molar-refractivity contribution in [2.24, 2.45) is 0 Å². The zero-order valence-electron chi connectivity index (χ0n) is 17.2. The van der Waals surface area contributed by atoms with Crippen LogP contribution in [-0.4, -0.2) is 39.2 Å².